The van der Waals surface area contributed by atoms with Crippen molar-refractivity contribution in [3.05, 3.63) is 24.3 Å². The lowest BCUT2D eigenvalue weighted by Gasteiger charge is -2.22. The fourth-order valence-electron chi connectivity index (χ4n) is 1.83. The van der Waals surface area contributed by atoms with Crippen LogP contribution in [0.2, 0.25) is 0 Å². The number of rotatable bonds is 7. The molecular weight excluding hydrogens is 180 g/mol. The van der Waals surface area contributed by atoms with Crippen molar-refractivity contribution in [3.8, 4) is 0 Å². The fraction of sp³-hybridized carbons (Fsp3) is 0.733. The van der Waals surface area contributed by atoms with E-state index in [0.717, 1.165) is 12.3 Å². The molecule has 0 N–H and O–H groups in total. The van der Waals surface area contributed by atoms with Gasteiger partial charge in [-0.3, -0.25) is 0 Å². The highest BCUT2D eigenvalue weighted by Gasteiger charge is 2.15. The first-order chi connectivity index (χ1) is 6.88. The second kappa shape index (κ2) is 6.87. The maximum absolute atomic E-state index is 4.21. The third kappa shape index (κ3) is 5.81. The molecule has 0 aliphatic carbocycles. The molecule has 0 saturated heterocycles. The SMILES string of the molecule is C=C(CC(CC(C)C)C(=C)C)C(C)CC. The molecule has 0 bridgehead atoms. The van der Waals surface area contributed by atoms with Crippen LogP contribution in [0.15, 0.2) is 24.3 Å². The van der Waals surface area contributed by atoms with Gasteiger partial charge in [0.1, 0.15) is 0 Å². The van der Waals surface area contributed by atoms with E-state index in [2.05, 4.69) is 47.8 Å². The smallest absolute Gasteiger partial charge is 0.0169 e. The first-order valence-electron chi connectivity index (χ1n) is 6.21. The average Bonchev–Trinajstić information content (AvgIpc) is 2.14. The third-order valence-corrected chi connectivity index (χ3v) is 3.27. The Bertz CT molecular complexity index is 210. The molecule has 0 aromatic rings. The van der Waals surface area contributed by atoms with Gasteiger partial charge in [0.25, 0.3) is 0 Å². The van der Waals surface area contributed by atoms with Gasteiger partial charge in [-0.15, -0.1) is 0 Å². The summed E-state index contributed by atoms with van der Waals surface area (Å²) in [6.45, 7) is 19.5. The Balaban J connectivity index is 4.29. The van der Waals surface area contributed by atoms with Gasteiger partial charge in [0.2, 0.25) is 0 Å². The van der Waals surface area contributed by atoms with Gasteiger partial charge in [0.15, 0.2) is 0 Å². The number of hydrogen-bond acceptors (Lipinski definition) is 0. The molecule has 15 heavy (non-hydrogen) atoms. The van der Waals surface area contributed by atoms with Gasteiger partial charge in [-0.25, -0.2) is 0 Å². The molecule has 0 nitrogen and oxygen atoms in total. The van der Waals surface area contributed by atoms with Gasteiger partial charge < -0.3 is 0 Å². The molecule has 0 heteroatoms. The summed E-state index contributed by atoms with van der Waals surface area (Å²) < 4.78 is 0. The van der Waals surface area contributed by atoms with E-state index in [4.69, 9.17) is 0 Å². The standard InChI is InChI=1S/C15H28/c1-8-13(6)14(7)10-15(12(4)5)9-11(2)3/h11,13,15H,4,7-10H2,1-3,5-6H3. The van der Waals surface area contributed by atoms with Gasteiger partial charge in [-0.05, 0) is 43.9 Å². The van der Waals surface area contributed by atoms with Crippen LogP contribution < -0.4 is 0 Å². The summed E-state index contributed by atoms with van der Waals surface area (Å²) in [7, 11) is 0. The van der Waals surface area contributed by atoms with Crippen LogP contribution in [0.5, 0.6) is 0 Å². The maximum atomic E-state index is 4.21. The second-order valence-corrected chi connectivity index (χ2v) is 5.34. The summed E-state index contributed by atoms with van der Waals surface area (Å²) in [6.07, 6.45) is 3.57. The second-order valence-electron chi connectivity index (χ2n) is 5.34. The molecule has 2 unspecified atom stereocenters. The quantitative estimate of drug-likeness (QED) is 0.503. The van der Waals surface area contributed by atoms with Crippen molar-refractivity contribution < 1.29 is 0 Å². The van der Waals surface area contributed by atoms with Crippen molar-refractivity contribution in [2.45, 2.75) is 53.9 Å². The third-order valence-electron chi connectivity index (χ3n) is 3.27. The lowest BCUT2D eigenvalue weighted by molar-refractivity contribution is 0.439. The normalized spacial score (nSPS) is 15.1. The summed E-state index contributed by atoms with van der Waals surface area (Å²) in [6, 6.07) is 0. The predicted octanol–water partition coefficient (Wildman–Crippen LogP) is 5.22. The molecule has 0 amide bonds. The molecule has 2 atom stereocenters. The Kier molecular flexibility index (Phi) is 6.63. The van der Waals surface area contributed by atoms with E-state index in [1.54, 1.807) is 0 Å². The highest BCUT2D eigenvalue weighted by molar-refractivity contribution is 5.07. The zero-order valence-corrected chi connectivity index (χ0v) is 11.3. The first kappa shape index (κ1) is 14.5. The van der Waals surface area contributed by atoms with Crippen molar-refractivity contribution in [3.63, 3.8) is 0 Å². The minimum absolute atomic E-state index is 0.631. The molecule has 0 aromatic carbocycles. The van der Waals surface area contributed by atoms with Crippen LogP contribution in [0.25, 0.3) is 0 Å². The van der Waals surface area contributed by atoms with E-state index in [-0.39, 0.29) is 0 Å². The van der Waals surface area contributed by atoms with Gasteiger partial charge in [-0.2, -0.15) is 0 Å². The number of hydrogen-bond donors (Lipinski definition) is 0. The Morgan fingerprint density at radius 2 is 1.67 bits per heavy atom. The molecule has 0 heterocycles. The van der Waals surface area contributed by atoms with Crippen molar-refractivity contribution in [2.75, 3.05) is 0 Å². The predicted molar refractivity (Wildman–Crippen MR) is 71.0 cm³/mol. The lowest BCUT2D eigenvalue weighted by atomic mass is 9.83. The lowest BCUT2D eigenvalue weighted by Crippen LogP contribution is -2.09. The van der Waals surface area contributed by atoms with Gasteiger partial charge in [0.05, 0.1) is 0 Å². The highest BCUT2D eigenvalue weighted by atomic mass is 14.2. The molecule has 0 aliphatic rings. The first-order valence-corrected chi connectivity index (χ1v) is 6.21. The van der Waals surface area contributed by atoms with E-state index in [1.807, 2.05) is 0 Å². The molecule has 0 aliphatic heterocycles. The van der Waals surface area contributed by atoms with E-state index in [9.17, 15) is 0 Å². The maximum Gasteiger partial charge on any atom is -0.0169 e. The monoisotopic (exact) mass is 208 g/mol. The van der Waals surface area contributed by atoms with Crippen LogP contribution in [0.1, 0.15) is 53.9 Å². The molecule has 0 aromatic heterocycles. The molecular formula is C15H28. The van der Waals surface area contributed by atoms with Crippen molar-refractivity contribution in [1.82, 2.24) is 0 Å². The van der Waals surface area contributed by atoms with Crippen LogP contribution >= 0.6 is 0 Å². The van der Waals surface area contributed by atoms with Crippen molar-refractivity contribution in [1.29, 1.82) is 0 Å². The van der Waals surface area contributed by atoms with E-state index in [1.165, 1.54) is 24.0 Å². The van der Waals surface area contributed by atoms with Crippen LogP contribution in [-0.2, 0) is 0 Å². The van der Waals surface area contributed by atoms with E-state index < -0.39 is 0 Å². The zero-order valence-electron chi connectivity index (χ0n) is 11.3. The summed E-state index contributed by atoms with van der Waals surface area (Å²) in [5.41, 5.74) is 2.71. The molecule has 0 fully saturated rings. The summed E-state index contributed by atoms with van der Waals surface area (Å²) in [5.74, 6) is 2.03. The van der Waals surface area contributed by atoms with E-state index in [0.29, 0.717) is 11.8 Å². The minimum Gasteiger partial charge on any atom is -0.0998 e. The Labute approximate surface area is 96.5 Å². The Morgan fingerprint density at radius 3 is 2.00 bits per heavy atom. The van der Waals surface area contributed by atoms with Gasteiger partial charge in [-0.1, -0.05) is 52.0 Å². The largest absolute Gasteiger partial charge is 0.0998 e. The molecule has 88 valence electrons. The summed E-state index contributed by atoms with van der Waals surface area (Å²) in [4.78, 5) is 0. The van der Waals surface area contributed by atoms with Crippen LogP contribution in [0, 0.1) is 17.8 Å². The molecule has 0 saturated carbocycles. The van der Waals surface area contributed by atoms with Crippen LogP contribution in [0.4, 0.5) is 0 Å². The minimum atomic E-state index is 0.631. The summed E-state index contributed by atoms with van der Waals surface area (Å²) >= 11 is 0. The molecule has 0 spiro atoms. The van der Waals surface area contributed by atoms with Crippen molar-refractivity contribution >= 4 is 0 Å². The van der Waals surface area contributed by atoms with E-state index >= 15 is 0 Å². The van der Waals surface area contributed by atoms with Crippen LogP contribution in [-0.4, -0.2) is 0 Å². The number of allylic oxidation sites excluding steroid dienone is 2. The Morgan fingerprint density at radius 1 is 1.13 bits per heavy atom. The van der Waals surface area contributed by atoms with Gasteiger partial charge >= 0.3 is 0 Å². The average molecular weight is 208 g/mol. The summed E-state index contributed by atoms with van der Waals surface area (Å²) in [5, 5.41) is 0. The van der Waals surface area contributed by atoms with Gasteiger partial charge in [0, 0.05) is 0 Å². The van der Waals surface area contributed by atoms with Crippen LogP contribution in [0.3, 0.4) is 0 Å². The zero-order chi connectivity index (χ0) is 12.0. The fourth-order valence-corrected chi connectivity index (χ4v) is 1.83. The molecule has 0 rings (SSSR count). The molecule has 0 radical (unpaired) electrons. The Hall–Kier alpha value is -0.520. The highest BCUT2D eigenvalue weighted by Crippen LogP contribution is 2.28. The van der Waals surface area contributed by atoms with Crippen molar-refractivity contribution in [2.24, 2.45) is 17.8 Å². The topological polar surface area (TPSA) is 0 Å².